The van der Waals surface area contributed by atoms with Crippen molar-refractivity contribution in [1.82, 2.24) is 0 Å². The van der Waals surface area contributed by atoms with Crippen LogP contribution in [0.5, 0.6) is 0 Å². The second kappa shape index (κ2) is 5.32. The average Bonchev–Trinajstić information content (AvgIpc) is 2.41. The average molecular weight is 262 g/mol. The second-order valence-corrected chi connectivity index (χ2v) is 4.90. The number of halogens is 1. The van der Waals surface area contributed by atoms with E-state index in [1.54, 1.807) is 12.1 Å². The Morgan fingerprint density at radius 1 is 1.50 bits per heavy atom. The number of nitriles is 1. The maximum Gasteiger partial charge on any atom is 0.101 e. The van der Waals surface area contributed by atoms with Crippen LogP contribution in [-0.4, -0.2) is 12.6 Å². The summed E-state index contributed by atoms with van der Waals surface area (Å²) in [5.74, 6) is 0. The van der Waals surface area contributed by atoms with Gasteiger partial charge in [0, 0.05) is 12.6 Å². The third-order valence-corrected chi connectivity index (χ3v) is 3.68. The van der Waals surface area contributed by atoms with Gasteiger partial charge in [-0.1, -0.05) is 17.7 Å². The predicted octanol–water partition coefficient (Wildman–Crippen LogP) is 3.34. The Bertz CT molecular complexity index is 504. The summed E-state index contributed by atoms with van der Waals surface area (Å²) in [6.45, 7) is 4.83. The summed E-state index contributed by atoms with van der Waals surface area (Å²) in [5, 5.41) is 9.38. The molecule has 0 spiro atoms. The standard InChI is InChI=1S/C14H16ClN3/c1-2-11-5-3-4-6-18(11)14-8-12(15)10(9-16)7-13(14)17/h2,7-8,11H,1,3-6,17H2. The SMILES string of the molecule is C=CC1CCCCN1c1cc(Cl)c(C#N)cc1N. The van der Waals surface area contributed by atoms with Crippen molar-refractivity contribution in [2.24, 2.45) is 0 Å². The lowest BCUT2D eigenvalue weighted by atomic mass is 10.0. The van der Waals surface area contributed by atoms with Gasteiger partial charge in [0.2, 0.25) is 0 Å². The number of benzene rings is 1. The molecular formula is C14H16ClN3. The first kappa shape index (κ1) is 12.8. The zero-order valence-electron chi connectivity index (χ0n) is 10.2. The van der Waals surface area contributed by atoms with E-state index in [4.69, 9.17) is 22.6 Å². The van der Waals surface area contributed by atoms with Crippen LogP contribution in [-0.2, 0) is 0 Å². The van der Waals surface area contributed by atoms with Gasteiger partial charge >= 0.3 is 0 Å². The lowest BCUT2D eigenvalue weighted by Gasteiger charge is -2.36. The highest BCUT2D eigenvalue weighted by Gasteiger charge is 2.22. The monoisotopic (exact) mass is 261 g/mol. The fourth-order valence-corrected chi connectivity index (χ4v) is 2.62. The van der Waals surface area contributed by atoms with Crippen LogP contribution in [0, 0.1) is 11.3 Å². The van der Waals surface area contributed by atoms with Crippen LogP contribution in [0.25, 0.3) is 0 Å². The van der Waals surface area contributed by atoms with Crippen molar-refractivity contribution in [2.75, 3.05) is 17.2 Å². The van der Waals surface area contributed by atoms with E-state index in [2.05, 4.69) is 11.5 Å². The van der Waals surface area contributed by atoms with Crippen molar-refractivity contribution >= 4 is 23.0 Å². The van der Waals surface area contributed by atoms with Crippen molar-refractivity contribution in [3.63, 3.8) is 0 Å². The number of hydrogen-bond acceptors (Lipinski definition) is 3. The van der Waals surface area contributed by atoms with Crippen LogP contribution < -0.4 is 10.6 Å². The topological polar surface area (TPSA) is 53.0 Å². The van der Waals surface area contributed by atoms with Gasteiger partial charge in [-0.25, -0.2) is 0 Å². The summed E-state index contributed by atoms with van der Waals surface area (Å²) >= 11 is 6.08. The van der Waals surface area contributed by atoms with E-state index in [1.165, 1.54) is 6.42 Å². The first-order valence-electron chi connectivity index (χ1n) is 6.05. The maximum atomic E-state index is 8.92. The number of rotatable bonds is 2. The van der Waals surface area contributed by atoms with Gasteiger partial charge in [-0.05, 0) is 31.4 Å². The maximum absolute atomic E-state index is 8.92. The molecule has 0 saturated carbocycles. The number of piperidine rings is 1. The van der Waals surface area contributed by atoms with Crippen molar-refractivity contribution in [3.8, 4) is 6.07 Å². The minimum absolute atomic E-state index is 0.296. The quantitative estimate of drug-likeness (QED) is 0.656. The molecule has 3 nitrogen and oxygen atoms in total. The highest BCUT2D eigenvalue weighted by molar-refractivity contribution is 6.32. The molecule has 0 radical (unpaired) electrons. The zero-order valence-corrected chi connectivity index (χ0v) is 11.0. The highest BCUT2D eigenvalue weighted by Crippen LogP contribution is 2.34. The molecule has 1 atom stereocenters. The van der Waals surface area contributed by atoms with Crippen LogP contribution in [0.2, 0.25) is 5.02 Å². The summed E-state index contributed by atoms with van der Waals surface area (Å²) in [6.07, 6.45) is 5.38. The minimum atomic E-state index is 0.296. The molecule has 1 aromatic carbocycles. The Balaban J connectivity index is 2.41. The predicted molar refractivity (Wildman–Crippen MR) is 75.8 cm³/mol. The fourth-order valence-electron chi connectivity index (χ4n) is 2.42. The normalized spacial score (nSPS) is 19.3. The molecule has 1 fully saturated rings. The van der Waals surface area contributed by atoms with E-state index >= 15 is 0 Å². The summed E-state index contributed by atoms with van der Waals surface area (Å²) in [7, 11) is 0. The van der Waals surface area contributed by atoms with Gasteiger partial charge in [0.1, 0.15) is 6.07 Å². The number of anilines is 2. The van der Waals surface area contributed by atoms with Crippen molar-refractivity contribution in [2.45, 2.75) is 25.3 Å². The molecule has 0 aromatic heterocycles. The summed E-state index contributed by atoms with van der Waals surface area (Å²) < 4.78 is 0. The largest absolute Gasteiger partial charge is 0.397 e. The highest BCUT2D eigenvalue weighted by atomic mass is 35.5. The van der Waals surface area contributed by atoms with Gasteiger partial charge in [-0.2, -0.15) is 5.26 Å². The number of nitrogen functional groups attached to an aromatic ring is 1. The Labute approximate surface area is 112 Å². The Kier molecular flexibility index (Phi) is 3.78. The molecule has 1 saturated heterocycles. The molecular weight excluding hydrogens is 246 g/mol. The van der Waals surface area contributed by atoms with E-state index in [0.717, 1.165) is 25.1 Å². The van der Waals surface area contributed by atoms with E-state index in [0.29, 0.717) is 22.3 Å². The van der Waals surface area contributed by atoms with Gasteiger partial charge in [0.05, 0.1) is 22.0 Å². The molecule has 1 aromatic rings. The van der Waals surface area contributed by atoms with Gasteiger partial charge in [0.15, 0.2) is 0 Å². The van der Waals surface area contributed by atoms with Crippen LogP contribution in [0.15, 0.2) is 24.8 Å². The lowest BCUT2D eigenvalue weighted by Crippen LogP contribution is -2.38. The van der Waals surface area contributed by atoms with E-state index < -0.39 is 0 Å². The molecule has 4 heteroatoms. The molecule has 1 heterocycles. The molecule has 1 unspecified atom stereocenters. The third kappa shape index (κ3) is 2.30. The van der Waals surface area contributed by atoms with E-state index in [-0.39, 0.29) is 0 Å². The van der Waals surface area contributed by atoms with Crippen LogP contribution in [0.4, 0.5) is 11.4 Å². The van der Waals surface area contributed by atoms with E-state index in [9.17, 15) is 0 Å². The molecule has 94 valence electrons. The molecule has 1 aliphatic heterocycles. The molecule has 0 bridgehead atoms. The molecule has 2 N–H and O–H groups in total. The Morgan fingerprint density at radius 2 is 2.28 bits per heavy atom. The van der Waals surface area contributed by atoms with Crippen molar-refractivity contribution in [3.05, 3.63) is 35.4 Å². The molecule has 2 rings (SSSR count). The summed E-state index contributed by atoms with van der Waals surface area (Å²) in [6, 6.07) is 5.77. The van der Waals surface area contributed by atoms with E-state index in [1.807, 2.05) is 12.1 Å². The smallest absolute Gasteiger partial charge is 0.101 e. The Morgan fingerprint density at radius 3 is 2.94 bits per heavy atom. The van der Waals surface area contributed by atoms with Gasteiger partial charge in [-0.3, -0.25) is 0 Å². The Hall–Kier alpha value is -1.66. The van der Waals surface area contributed by atoms with Crippen LogP contribution >= 0.6 is 11.6 Å². The van der Waals surface area contributed by atoms with Crippen LogP contribution in [0.1, 0.15) is 24.8 Å². The summed E-state index contributed by atoms with van der Waals surface area (Å²) in [4.78, 5) is 2.22. The molecule has 0 amide bonds. The third-order valence-electron chi connectivity index (χ3n) is 3.37. The summed E-state index contributed by atoms with van der Waals surface area (Å²) in [5.41, 5.74) is 7.96. The first-order chi connectivity index (χ1) is 8.67. The molecule has 18 heavy (non-hydrogen) atoms. The second-order valence-electron chi connectivity index (χ2n) is 4.49. The number of hydrogen-bond donors (Lipinski definition) is 1. The zero-order chi connectivity index (χ0) is 13.1. The van der Waals surface area contributed by atoms with Crippen molar-refractivity contribution in [1.29, 1.82) is 5.26 Å². The number of nitrogens with zero attached hydrogens (tertiary/aromatic N) is 2. The van der Waals surface area contributed by atoms with Crippen LogP contribution in [0.3, 0.4) is 0 Å². The number of nitrogens with two attached hydrogens (primary N) is 1. The minimum Gasteiger partial charge on any atom is -0.397 e. The molecule has 1 aliphatic rings. The first-order valence-corrected chi connectivity index (χ1v) is 6.43. The lowest BCUT2D eigenvalue weighted by molar-refractivity contribution is 0.515. The van der Waals surface area contributed by atoms with Gasteiger partial charge in [0.25, 0.3) is 0 Å². The molecule has 0 aliphatic carbocycles. The fraction of sp³-hybridized carbons (Fsp3) is 0.357. The van der Waals surface area contributed by atoms with Gasteiger partial charge < -0.3 is 10.6 Å². The van der Waals surface area contributed by atoms with Gasteiger partial charge in [-0.15, -0.1) is 6.58 Å². The van der Waals surface area contributed by atoms with Crippen molar-refractivity contribution < 1.29 is 0 Å².